The first-order valence-corrected chi connectivity index (χ1v) is 6.46. The third-order valence-corrected chi connectivity index (χ3v) is 3.06. The molecule has 0 N–H and O–H groups in total. The van der Waals surface area contributed by atoms with Crippen LogP contribution in [0.15, 0.2) is 54.7 Å². The van der Waals surface area contributed by atoms with Gasteiger partial charge in [-0.3, -0.25) is 4.84 Å². The van der Waals surface area contributed by atoms with Crippen LogP contribution in [0.3, 0.4) is 0 Å². The molecule has 1 heterocycles. The molecule has 96 valence electrons. The first kappa shape index (κ1) is 11.8. The van der Waals surface area contributed by atoms with Crippen LogP contribution < -0.4 is 14.3 Å². The molecule has 3 rings (SSSR count). The molecule has 19 heavy (non-hydrogen) atoms. The SMILES string of the molecule is CCO[n+]1ccccc1OC1C=Cc2ccccc21. The van der Waals surface area contributed by atoms with E-state index in [1.807, 2.05) is 43.5 Å². The molecule has 0 radical (unpaired) electrons. The molecule has 1 aromatic carbocycles. The monoisotopic (exact) mass is 254 g/mol. The van der Waals surface area contributed by atoms with E-state index < -0.39 is 0 Å². The van der Waals surface area contributed by atoms with Crippen LogP contribution in [-0.2, 0) is 0 Å². The number of rotatable bonds is 4. The molecular formula is C16H16NO2+. The Morgan fingerprint density at radius 1 is 1.11 bits per heavy atom. The quantitative estimate of drug-likeness (QED) is 0.782. The minimum Gasteiger partial charge on any atom is -0.429 e. The lowest BCUT2D eigenvalue weighted by atomic mass is 10.1. The van der Waals surface area contributed by atoms with Crippen LogP contribution in [0.1, 0.15) is 24.2 Å². The summed E-state index contributed by atoms with van der Waals surface area (Å²) in [5.74, 6) is 0.704. The predicted octanol–water partition coefficient (Wildman–Crippen LogP) is 2.57. The molecule has 0 amide bonds. The molecule has 0 bridgehead atoms. The van der Waals surface area contributed by atoms with Crippen LogP contribution in [0.4, 0.5) is 0 Å². The Hall–Kier alpha value is -2.29. The van der Waals surface area contributed by atoms with Gasteiger partial charge in [-0.05, 0) is 24.6 Å². The van der Waals surface area contributed by atoms with Gasteiger partial charge < -0.3 is 4.74 Å². The van der Waals surface area contributed by atoms with E-state index in [1.165, 1.54) is 11.1 Å². The summed E-state index contributed by atoms with van der Waals surface area (Å²) in [5.41, 5.74) is 2.40. The van der Waals surface area contributed by atoms with Crippen molar-refractivity contribution < 1.29 is 14.3 Å². The van der Waals surface area contributed by atoms with E-state index >= 15 is 0 Å². The molecule has 1 atom stereocenters. The number of ether oxygens (including phenoxy) is 1. The van der Waals surface area contributed by atoms with E-state index in [4.69, 9.17) is 9.57 Å². The molecule has 3 nitrogen and oxygen atoms in total. The number of aromatic nitrogens is 1. The number of pyridine rings is 1. The second kappa shape index (κ2) is 5.14. The molecule has 1 unspecified atom stereocenters. The largest absolute Gasteiger partial charge is 0.429 e. The van der Waals surface area contributed by atoms with Crippen LogP contribution >= 0.6 is 0 Å². The average Bonchev–Trinajstić information content (AvgIpc) is 2.85. The van der Waals surface area contributed by atoms with Gasteiger partial charge in [0.1, 0.15) is 6.10 Å². The van der Waals surface area contributed by atoms with Gasteiger partial charge in [0.15, 0.2) is 6.61 Å². The van der Waals surface area contributed by atoms with Crippen molar-refractivity contribution in [1.29, 1.82) is 0 Å². The highest BCUT2D eigenvalue weighted by atomic mass is 16.7. The van der Waals surface area contributed by atoms with Gasteiger partial charge in [0.05, 0.1) is 6.07 Å². The predicted molar refractivity (Wildman–Crippen MR) is 72.6 cm³/mol. The molecule has 1 aliphatic carbocycles. The summed E-state index contributed by atoms with van der Waals surface area (Å²) in [5, 5.41) is 0. The van der Waals surface area contributed by atoms with Crippen LogP contribution in [0.5, 0.6) is 5.88 Å². The zero-order valence-electron chi connectivity index (χ0n) is 10.8. The third kappa shape index (κ3) is 2.32. The molecule has 0 spiro atoms. The van der Waals surface area contributed by atoms with Crippen molar-refractivity contribution in [2.45, 2.75) is 13.0 Å². The van der Waals surface area contributed by atoms with Gasteiger partial charge in [-0.2, -0.15) is 0 Å². The van der Waals surface area contributed by atoms with Crippen molar-refractivity contribution in [3.8, 4) is 5.88 Å². The number of benzene rings is 1. The van der Waals surface area contributed by atoms with Gasteiger partial charge in [-0.25, -0.2) is 0 Å². The fraction of sp³-hybridized carbons (Fsp3) is 0.188. The van der Waals surface area contributed by atoms with Gasteiger partial charge in [-0.15, -0.1) is 0 Å². The van der Waals surface area contributed by atoms with E-state index in [9.17, 15) is 0 Å². The lowest BCUT2D eigenvalue weighted by Gasteiger charge is -2.11. The van der Waals surface area contributed by atoms with Crippen molar-refractivity contribution in [3.05, 3.63) is 65.9 Å². The highest BCUT2D eigenvalue weighted by Gasteiger charge is 2.23. The number of nitrogens with zero attached hydrogens (tertiary/aromatic N) is 1. The molecular weight excluding hydrogens is 238 g/mol. The topological polar surface area (TPSA) is 22.3 Å². The summed E-state index contributed by atoms with van der Waals surface area (Å²) in [4.78, 5) is 5.50. The summed E-state index contributed by atoms with van der Waals surface area (Å²) in [6.45, 7) is 2.55. The Kier molecular flexibility index (Phi) is 3.19. The van der Waals surface area contributed by atoms with Crippen LogP contribution in [0.2, 0.25) is 0 Å². The molecule has 3 heteroatoms. The van der Waals surface area contributed by atoms with Crippen LogP contribution in [0, 0.1) is 0 Å². The maximum Gasteiger partial charge on any atom is 0.417 e. The van der Waals surface area contributed by atoms with Crippen LogP contribution in [-0.4, -0.2) is 6.61 Å². The number of hydrogen-bond acceptors (Lipinski definition) is 2. The Bertz CT molecular complexity index is 607. The summed E-state index contributed by atoms with van der Waals surface area (Å²) < 4.78 is 7.70. The third-order valence-electron chi connectivity index (χ3n) is 3.06. The minimum atomic E-state index is -0.0506. The summed E-state index contributed by atoms with van der Waals surface area (Å²) in [7, 11) is 0. The highest BCUT2D eigenvalue weighted by Crippen LogP contribution is 2.30. The van der Waals surface area contributed by atoms with E-state index in [0.29, 0.717) is 12.5 Å². The second-order valence-electron chi connectivity index (χ2n) is 4.31. The van der Waals surface area contributed by atoms with Gasteiger partial charge >= 0.3 is 5.88 Å². The Balaban J connectivity index is 1.86. The minimum absolute atomic E-state index is 0.0506. The fourth-order valence-electron chi connectivity index (χ4n) is 2.20. The van der Waals surface area contributed by atoms with E-state index in [1.54, 1.807) is 4.73 Å². The maximum absolute atomic E-state index is 6.04. The maximum atomic E-state index is 6.04. The highest BCUT2D eigenvalue weighted by molar-refractivity contribution is 5.61. The van der Waals surface area contributed by atoms with Crippen molar-refractivity contribution in [2.75, 3.05) is 6.61 Å². The normalized spacial score (nSPS) is 16.2. The number of fused-ring (bicyclic) bond motifs is 1. The Labute approximate surface area is 112 Å². The smallest absolute Gasteiger partial charge is 0.417 e. The van der Waals surface area contributed by atoms with Gasteiger partial charge in [0.2, 0.25) is 6.20 Å². The van der Waals surface area contributed by atoms with Crippen molar-refractivity contribution in [3.63, 3.8) is 0 Å². The lowest BCUT2D eigenvalue weighted by molar-refractivity contribution is -0.892. The molecule has 0 fully saturated rings. The Morgan fingerprint density at radius 3 is 2.84 bits per heavy atom. The first-order valence-electron chi connectivity index (χ1n) is 6.46. The first-order chi connectivity index (χ1) is 9.38. The van der Waals surface area contributed by atoms with Crippen LogP contribution in [0.25, 0.3) is 6.08 Å². The summed E-state index contributed by atoms with van der Waals surface area (Å²) in [6.07, 6.45) is 5.95. The second-order valence-corrected chi connectivity index (χ2v) is 4.31. The molecule has 1 aromatic heterocycles. The van der Waals surface area contributed by atoms with Gasteiger partial charge in [-0.1, -0.05) is 30.3 Å². The summed E-state index contributed by atoms with van der Waals surface area (Å²) in [6, 6.07) is 14.0. The molecule has 0 saturated carbocycles. The molecule has 2 aromatic rings. The van der Waals surface area contributed by atoms with Gasteiger partial charge in [0.25, 0.3) is 0 Å². The molecule has 0 saturated heterocycles. The number of hydrogen-bond donors (Lipinski definition) is 0. The zero-order valence-corrected chi connectivity index (χ0v) is 10.8. The Morgan fingerprint density at radius 2 is 1.95 bits per heavy atom. The van der Waals surface area contributed by atoms with Crippen molar-refractivity contribution >= 4 is 6.08 Å². The zero-order chi connectivity index (χ0) is 13.1. The molecule has 0 aliphatic heterocycles. The van der Waals surface area contributed by atoms with E-state index in [2.05, 4.69) is 24.3 Å². The lowest BCUT2D eigenvalue weighted by Crippen LogP contribution is -2.43. The standard InChI is InChI=1S/C16H16NO2/c1-2-18-17-12-6-5-9-16(17)19-15-11-10-13-7-3-4-8-14(13)15/h3-12,15H,2H2,1H3/q+1. The molecule has 1 aliphatic rings. The van der Waals surface area contributed by atoms with E-state index in [0.717, 1.165) is 0 Å². The fourth-order valence-corrected chi connectivity index (χ4v) is 2.20. The van der Waals surface area contributed by atoms with Crippen molar-refractivity contribution in [2.24, 2.45) is 0 Å². The van der Waals surface area contributed by atoms with Crippen molar-refractivity contribution in [1.82, 2.24) is 0 Å². The van der Waals surface area contributed by atoms with E-state index in [-0.39, 0.29) is 6.10 Å². The average molecular weight is 254 g/mol. The van der Waals surface area contributed by atoms with Gasteiger partial charge in [0, 0.05) is 16.4 Å². The summed E-state index contributed by atoms with van der Waals surface area (Å²) >= 11 is 0.